The van der Waals surface area contributed by atoms with E-state index in [0.717, 1.165) is 11.1 Å². The Bertz CT molecular complexity index is 1260. The summed E-state index contributed by atoms with van der Waals surface area (Å²) in [5.74, 6) is 0.210. The van der Waals surface area contributed by atoms with E-state index in [9.17, 15) is 9.59 Å². The van der Waals surface area contributed by atoms with Gasteiger partial charge in [-0.3, -0.25) is 4.79 Å². The monoisotopic (exact) mass is 399 g/mol. The van der Waals surface area contributed by atoms with Gasteiger partial charge in [0.05, 0.1) is 12.0 Å². The zero-order valence-electron chi connectivity index (χ0n) is 16.8. The molecule has 1 N–H and O–H groups in total. The van der Waals surface area contributed by atoms with Crippen molar-refractivity contribution in [3.63, 3.8) is 0 Å². The first-order chi connectivity index (χ1) is 14.6. The van der Waals surface area contributed by atoms with Crippen LogP contribution < -0.4 is 15.7 Å². The van der Waals surface area contributed by atoms with Gasteiger partial charge in [-0.2, -0.15) is 0 Å². The quantitative estimate of drug-likeness (QED) is 0.487. The second-order valence-corrected chi connectivity index (χ2v) is 6.92. The highest BCUT2D eigenvalue weighted by atomic mass is 16.5. The topological polar surface area (TPSA) is 68.5 Å². The van der Waals surface area contributed by atoms with Crippen LogP contribution in [0.4, 0.5) is 5.69 Å². The number of anilines is 1. The Hall–Kier alpha value is -3.86. The molecule has 5 heteroatoms. The predicted molar refractivity (Wildman–Crippen MR) is 118 cm³/mol. The molecule has 4 rings (SSSR count). The SMILES string of the molecule is CCOc1ccc(NC(=O)c2oc(=O)c3ccccc3c2-c2ccc(C)cc2)cc1. The lowest BCUT2D eigenvalue weighted by molar-refractivity contribution is 0.0994. The molecule has 1 aromatic heterocycles. The average Bonchev–Trinajstić information content (AvgIpc) is 2.76. The van der Waals surface area contributed by atoms with Crippen LogP contribution in [0.3, 0.4) is 0 Å². The van der Waals surface area contributed by atoms with Crippen molar-refractivity contribution in [2.24, 2.45) is 0 Å². The summed E-state index contributed by atoms with van der Waals surface area (Å²) in [6.45, 7) is 4.46. The largest absolute Gasteiger partial charge is 0.494 e. The number of amides is 1. The minimum atomic E-state index is -0.543. The third kappa shape index (κ3) is 3.82. The van der Waals surface area contributed by atoms with Crippen molar-refractivity contribution >= 4 is 22.4 Å². The molecule has 0 fully saturated rings. The first-order valence-corrected chi connectivity index (χ1v) is 9.74. The highest BCUT2D eigenvalue weighted by Crippen LogP contribution is 2.31. The van der Waals surface area contributed by atoms with Crippen LogP contribution in [0.2, 0.25) is 0 Å². The van der Waals surface area contributed by atoms with Crippen molar-refractivity contribution in [1.29, 1.82) is 0 Å². The lowest BCUT2D eigenvalue weighted by Crippen LogP contribution is -2.17. The van der Waals surface area contributed by atoms with E-state index in [1.54, 1.807) is 36.4 Å². The van der Waals surface area contributed by atoms with E-state index in [0.29, 0.717) is 34.4 Å². The number of hydrogen-bond donors (Lipinski definition) is 1. The summed E-state index contributed by atoms with van der Waals surface area (Å²) in [5.41, 5.74) is 2.53. The summed E-state index contributed by atoms with van der Waals surface area (Å²) in [6.07, 6.45) is 0. The third-order valence-corrected chi connectivity index (χ3v) is 4.81. The number of hydrogen-bond acceptors (Lipinski definition) is 4. The first kappa shape index (κ1) is 19.5. The summed E-state index contributed by atoms with van der Waals surface area (Å²) < 4.78 is 10.9. The summed E-state index contributed by atoms with van der Waals surface area (Å²) >= 11 is 0. The fourth-order valence-corrected chi connectivity index (χ4v) is 3.36. The van der Waals surface area contributed by atoms with E-state index in [2.05, 4.69) is 5.32 Å². The first-order valence-electron chi connectivity index (χ1n) is 9.74. The van der Waals surface area contributed by atoms with E-state index < -0.39 is 11.5 Å². The van der Waals surface area contributed by atoms with Crippen LogP contribution in [-0.2, 0) is 0 Å². The van der Waals surface area contributed by atoms with Gasteiger partial charge in [0.25, 0.3) is 5.91 Å². The van der Waals surface area contributed by atoms with E-state index in [-0.39, 0.29) is 5.76 Å². The van der Waals surface area contributed by atoms with Crippen LogP contribution in [0.25, 0.3) is 21.9 Å². The van der Waals surface area contributed by atoms with E-state index in [4.69, 9.17) is 9.15 Å². The number of carbonyl (C=O) groups excluding carboxylic acids is 1. The lowest BCUT2D eigenvalue weighted by atomic mass is 9.97. The van der Waals surface area contributed by atoms with Gasteiger partial charge in [-0.25, -0.2) is 4.79 Å². The molecule has 1 amide bonds. The van der Waals surface area contributed by atoms with Crippen LogP contribution in [0.1, 0.15) is 23.0 Å². The Balaban J connectivity index is 1.81. The molecule has 0 saturated carbocycles. The second-order valence-electron chi connectivity index (χ2n) is 6.92. The minimum absolute atomic E-state index is 0.0172. The smallest absolute Gasteiger partial charge is 0.344 e. The molecule has 0 atom stereocenters. The van der Waals surface area contributed by atoms with Gasteiger partial charge in [-0.1, -0.05) is 48.0 Å². The molecule has 4 aromatic rings. The standard InChI is InChI=1S/C25H21NO4/c1-3-29-19-14-12-18(13-15-19)26-24(27)23-22(17-10-8-16(2)9-11-17)20-6-4-5-7-21(20)25(28)30-23/h4-15H,3H2,1-2H3,(H,26,27). The fraction of sp³-hybridized carbons (Fsp3) is 0.120. The Kier molecular flexibility index (Phi) is 5.35. The van der Waals surface area contributed by atoms with Crippen molar-refractivity contribution in [2.75, 3.05) is 11.9 Å². The number of carbonyl (C=O) groups is 1. The summed E-state index contributed by atoms with van der Waals surface area (Å²) in [4.78, 5) is 25.7. The van der Waals surface area contributed by atoms with Crippen molar-refractivity contribution in [2.45, 2.75) is 13.8 Å². The maximum atomic E-state index is 13.1. The maximum absolute atomic E-state index is 13.1. The van der Waals surface area contributed by atoms with Gasteiger partial charge in [0.15, 0.2) is 0 Å². The lowest BCUT2D eigenvalue weighted by Gasteiger charge is -2.12. The molecule has 0 aliphatic rings. The molecular weight excluding hydrogens is 378 g/mol. The third-order valence-electron chi connectivity index (χ3n) is 4.81. The zero-order chi connectivity index (χ0) is 21.1. The Morgan fingerprint density at radius 3 is 2.27 bits per heavy atom. The Labute approximate surface area is 173 Å². The van der Waals surface area contributed by atoms with Gasteiger partial charge in [0.2, 0.25) is 5.76 Å². The number of rotatable bonds is 5. The summed E-state index contributed by atoms with van der Waals surface area (Å²) in [6, 6.07) is 21.9. The predicted octanol–water partition coefficient (Wildman–Crippen LogP) is 5.42. The van der Waals surface area contributed by atoms with Crippen molar-refractivity contribution < 1.29 is 13.9 Å². The van der Waals surface area contributed by atoms with Gasteiger partial charge >= 0.3 is 5.63 Å². The van der Waals surface area contributed by atoms with Gasteiger partial charge in [0, 0.05) is 16.6 Å². The normalized spacial score (nSPS) is 10.7. The Morgan fingerprint density at radius 2 is 1.60 bits per heavy atom. The van der Waals surface area contributed by atoms with E-state index in [1.165, 1.54) is 0 Å². The van der Waals surface area contributed by atoms with Crippen LogP contribution in [0.15, 0.2) is 82.0 Å². The maximum Gasteiger partial charge on any atom is 0.344 e. The van der Waals surface area contributed by atoms with Crippen molar-refractivity contribution in [3.05, 3.63) is 94.5 Å². The van der Waals surface area contributed by atoms with Gasteiger partial charge < -0.3 is 14.5 Å². The van der Waals surface area contributed by atoms with E-state index >= 15 is 0 Å². The molecule has 3 aromatic carbocycles. The summed E-state index contributed by atoms with van der Waals surface area (Å²) in [5, 5.41) is 3.93. The van der Waals surface area contributed by atoms with Crippen LogP contribution in [0.5, 0.6) is 5.75 Å². The highest BCUT2D eigenvalue weighted by Gasteiger charge is 2.21. The Morgan fingerprint density at radius 1 is 0.933 bits per heavy atom. The molecule has 0 radical (unpaired) electrons. The van der Waals surface area contributed by atoms with Crippen molar-refractivity contribution in [1.82, 2.24) is 0 Å². The van der Waals surface area contributed by atoms with Gasteiger partial charge in [-0.15, -0.1) is 0 Å². The summed E-state index contributed by atoms with van der Waals surface area (Å²) in [7, 11) is 0. The molecule has 5 nitrogen and oxygen atoms in total. The molecular formula is C25H21NO4. The number of benzene rings is 3. The number of nitrogens with one attached hydrogen (secondary N) is 1. The molecule has 0 saturated heterocycles. The van der Waals surface area contributed by atoms with Gasteiger partial charge in [-0.05, 0) is 49.7 Å². The molecule has 1 heterocycles. The number of aryl methyl sites for hydroxylation is 1. The van der Waals surface area contributed by atoms with Crippen LogP contribution in [0, 0.1) is 6.92 Å². The molecule has 30 heavy (non-hydrogen) atoms. The average molecular weight is 399 g/mol. The highest BCUT2D eigenvalue weighted by molar-refractivity contribution is 6.11. The molecule has 150 valence electrons. The molecule has 0 aliphatic heterocycles. The van der Waals surface area contributed by atoms with Crippen molar-refractivity contribution in [3.8, 4) is 16.9 Å². The number of fused-ring (bicyclic) bond motifs is 1. The number of ether oxygens (including phenoxy) is 1. The fourth-order valence-electron chi connectivity index (χ4n) is 3.36. The molecule has 0 bridgehead atoms. The molecule has 0 spiro atoms. The van der Waals surface area contributed by atoms with Crippen LogP contribution >= 0.6 is 0 Å². The minimum Gasteiger partial charge on any atom is -0.494 e. The van der Waals surface area contributed by atoms with Crippen LogP contribution in [-0.4, -0.2) is 12.5 Å². The molecule has 0 aliphatic carbocycles. The molecule has 0 unspecified atom stereocenters. The van der Waals surface area contributed by atoms with E-state index in [1.807, 2.05) is 50.2 Å². The second kappa shape index (κ2) is 8.25. The zero-order valence-corrected chi connectivity index (χ0v) is 16.8. The van der Waals surface area contributed by atoms with Gasteiger partial charge in [0.1, 0.15) is 5.75 Å².